The molecule has 0 unspecified atom stereocenters. The standard InChI is InChI=1S/C2H2F4.H3N/c3-1-2(4,5)6;/h1H2;1H3. The van der Waals surface area contributed by atoms with Gasteiger partial charge >= 0.3 is 6.18 Å². The molecule has 0 heterocycles. The summed E-state index contributed by atoms with van der Waals surface area (Å²) in [5.74, 6) is 0. The third-order valence-electron chi connectivity index (χ3n) is 0.152. The first-order chi connectivity index (χ1) is 2.56. The summed E-state index contributed by atoms with van der Waals surface area (Å²) in [6.45, 7) is -2.23. The predicted octanol–water partition coefficient (Wildman–Crippen LogP) is 1.68. The van der Waals surface area contributed by atoms with Gasteiger partial charge in [0.2, 0.25) is 0 Å². The van der Waals surface area contributed by atoms with Crippen molar-refractivity contribution < 1.29 is 17.6 Å². The minimum Gasteiger partial charge on any atom is -0.344 e. The van der Waals surface area contributed by atoms with E-state index in [1.807, 2.05) is 0 Å². The summed E-state index contributed by atoms with van der Waals surface area (Å²) in [4.78, 5) is 0. The highest BCUT2D eigenvalue weighted by molar-refractivity contribution is 4.39. The molecule has 0 saturated heterocycles. The molecule has 0 fully saturated rings. The van der Waals surface area contributed by atoms with Gasteiger partial charge in [-0.25, -0.2) is 4.39 Å². The normalized spacial score (nSPS) is 10.3. The Morgan fingerprint density at radius 3 is 1.29 bits per heavy atom. The van der Waals surface area contributed by atoms with Gasteiger partial charge in [0, 0.05) is 0 Å². The molecule has 46 valence electrons. The Morgan fingerprint density at radius 2 is 1.29 bits per heavy atom. The largest absolute Gasteiger partial charge is 0.416 e. The van der Waals surface area contributed by atoms with Crippen LogP contribution >= 0.6 is 0 Å². The lowest BCUT2D eigenvalue weighted by atomic mass is 10.8. The summed E-state index contributed by atoms with van der Waals surface area (Å²) >= 11 is 0. The summed E-state index contributed by atoms with van der Waals surface area (Å²) in [6.07, 6.45) is -4.62. The quantitative estimate of drug-likeness (QED) is 0.483. The molecule has 7 heavy (non-hydrogen) atoms. The lowest BCUT2D eigenvalue weighted by Gasteiger charge is -1.93. The van der Waals surface area contributed by atoms with Crippen LogP contribution in [0.25, 0.3) is 0 Å². The van der Waals surface area contributed by atoms with Crippen molar-refractivity contribution in [2.24, 2.45) is 0 Å². The van der Waals surface area contributed by atoms with Crippen LogP contribution in [0.2, 0.25) is 0 Å². The molecule has 0 aromatic heterocycles. The van der Waals surface area contributed by atoms with Gasteiger partial charge in [0.25, 0.3) is 0 Å². The zero-order valence-electron chi connectivity index (χ0n) is 3.43. The SMILES string of the molecule is FCC(F)(F)F.N. The van der Waals surface area contributed by atoms with Gasteiger partial charge in [0.05, 0.1) is 0 Å². The lowest BCUT2D eigenvalue weighted by molar-refractivity contribution is -0.142. The van der Waals surface area contributed by atoms with E-state index in [-0.39, 0.29) is 6.15 Å². The van der Waals surface area contributed by atoms with Crippen LogP contribution < -0.4 is 6.15 Å². The van der Waals surface area contributed by atoms with Crippen molar-refractivity contribution in [2.75, 3.05) is 6.67 Å². The van der Waals surface area contributed by atoms with E-state index in [0.717, 1.165) is 0 Å². The second-order valence-corrected chi connectivity index (χ2v) is 0.749. The van der Waals surface area contributed by atoms with E-state index in [9.17, 15) is 17.6 Å². The van der Waals surface area contributed by atoms with Gasteiger partial charge in [-0.15, -0.1) is 0 Å². The molecular formula is C2H5F4N. The van der Waals surface area contributed by atoms with Gasteiger partial charge in [-0.1, -0.05) is 0 Å². The highest BCUT2D eigenvalue weighted by Crippen LogP contribution is 2.13. The Labute approximate surface area is 37.9 Å². The lowest BCUT2D eigenvalue weighted by Crippen LogP contribution is -2.08. The van der Waals surface area contributed by atoms with Gasteiger partial charge in [-0.05, 0) is 0 Å². The van der Waals surface area contributed by atoms with Crippen LogP contribution in [0.5, 0.6) is 0 Å². The molecule has 1 nitrogen and oxygen atoms in total. The van der Waals surface area contributed by atoms with Crippen LogP contribution in [-0.4, -0.2) is 12.9 Å². The maximum Gasteiger partial charge on any atom is 0.416 e. The molecule has 3 N–H and O–H groups in total. The smallest absolute Gasteiger partial charge is 0.344 e. The Balaban J connectivity index is 0. The summed E-state index contributed by atoms with van der Waals surface area (Å²) in [6, 6.07) is 0. The van der Waals surface area contributed by atoms with Crippen LogP contribution in [-0.2, 0) is 0 Å². The zero-order chi connectivity index (χ0) is 5.21. The topological polar surface area (TPSA) is 35.0 Å². The molecule has 0 atom stereocenters. The fourth-order valence-electron chi connectivity index (χ4n) is 0. The summed E-state index contributed by atoms with van der Waals surface area (Å²) in [5, 5.41) is 0. The molecular weight excluding hydrogens is 114 g/mol. The van der Waals surface area contributed by atoms with Crippen LogP contribution in [0, 0.1) is 0 Å². The average molecular weight is 119 g/mol. The molecule has 0 aromatic rings. The minimum absolute atomic E-state index is 0. The number of alkyl halides is 4. The van der Waals surface area contributed by atoms with Gasteiger partial charge < -0.3 is 6.15 Å². The van der Waals surface area contributed by atoms with Crippen molar-refractivity contribution in [3.63, 3.8) is 0 Å². The Bertz CT molecular complexity index is 39.4. The van der Waals surface area contributed by atoms with E-state index in [2.05, 4.69) is 0 Å². The molecule has 0 spiro atoms. The first-order valence-corrected chi connectivity index (χ1v) is 1.19. The molecule has 0 radical (unpaired) electrons. The van der Waals surface area contributed by atoms with E-state index in [4.69, 9.17) is 0 Å². The first kappa shape index (κ1) is 9.84. The van der Waals surface area contributed by atoms with Crippen molar-refractivity contribution in [3.05, 3.63) is 0 Å². The molecule has 0 rings (SSSR count). The van der Waals surface area contributed by atoms with Crippen molar-refractivity contribution in [3.8, 4) is 0 Å². The average Bonchev–Trinajstić information content (AvgIpc) is 1.35. The van der Waals surface area contributed by atoms with Gasteiger partial charge in [-0.2, -0.15) is 13.2 Å². The molecule has 5 heteroatoms. The van der Waals surface area contributed by atoms with Crippen LogP contribution in [0.4, 0.5) is 17.6 Å². The second-order valence-electron chi connectivity index (χ2n) is 0.749. The Kier molecular flexibility index (Phi) is 3.92. The first-order valence-electron chi connectivity index (χ1n) is 1.19. The van der Waals surface area contributed by atoms with Gasteiger partial charge in [0.1, 0.15) is 0 Å². The molecule has 0 amide bonds. The maximum atomic E-state index is 10.4. The van der Waals surface area contributed by atoms with E-state index in [1.54, 1.807) is 0 Å². The van der Waals surface area contributed by atoms with E-state index >= 15 is 0 Å². The fraction of sp³-hybridized carbons (Fsp3) is 1.00. The summed E-state index contributed by atoms with van der Waals surface area (Å²) in [7, 11) is 0. The minimum atomic E-state index is -4.62. The molecule has 0 aliphatic heterocycles. The van der Waals surface area contributed by atoms with E-state index in [0.29, 0.717) is 0 Å². The maximum absolute atomic E-state index is 10.4. The zero-order valence-corrected chi connectivity index (χ0v) is 3.43. The highest BCUT2D eigenvalue weighted by atomic mass is 19.4. The van der Waals surface area contributed by atoms with Crippen molar-refractivity contribution in [1.82, 2.24) is 6.15 Å². The molecule has 0 bridgehead atoms. The second kappa shape index (κ2) is 2.79. The molecule has 0 saturated carbocycles. The monoisotopic (exact) mass is 119 g/mol. The predicted molar refractivity (Wildman–Crippen MR) is 17.1 cm³/mol. The van der Waals surface area contributed by atoms with Gasteiger partial charge in [-0.3, -0.25) is 0 Å². The highest BCUT2D eigenvalue weighted by Gasteiger charge is 2.26. The fourth-order valence-corrected chi connectivity index (χ4v) is 0. The number of halogens is 4. The van der Waals surface area contributed by atoms with Crippen LogP contribution in [0.15, 0.2) is 0 Å². The Hall–Kier alpha value is -0.320. The van der Waals surface area contributed by atoms with Crippen LogP contribution in [0.1, 0.15) is 0 Å². The summed E-state index contributed by atoms with van der Waals surface area (Å²) < 4.78 is 41.6. The van der Waals surface area contributed by atoms with E-state index < -0.39 is 12.9 Å². The van der Waals surface area contributed by atoms with Crippen molar-refractivity contribution in [1.29, 1.82) is 0 Å². The Morgan fingerprint density at radius 1 is 1.14 bits per heavy atom. The molecule has 0 aromatic carbocycles. The van der Waals surface area contributed by atoms with E-state index in [1.165, 1.54) is 0 Å². The van der Waals surface area contributed by atoms with Gasteiger partial charge in [0.15, 0.2) is 6.67 Å². The third-order valence-corrected chi connectivity index (χ3v) is 0.152. The van der Waals surface area contributed by atoms with Crippen LogP contribution in [0.3, 0.4) is 0 Å². The molecule has 0 aliphatic carbocycles. The van der Waals surface area contributed by atoms with Crippen molar-refractivity contribution >= 4 is 0 Å². The van der Waals surface area contributed by atoms with Crippen molar-refractivity contribution in [2.45, 2.75) is 6.18 Å². The number of hydrogen-bond acceptors (Lipinski definition) is 1. The summed E-state index contributed by atoms with van der Waals surface area (Å²) in [5.41, 5.74) is 0. The molecule has 0 aliphatic rings. The number of hydrogen-bond donors (Lipinski definition) is 1. The third kappa shape index (κ3) is 10.7. The number of rotatable bonds is 0.